The Hall–Kier alpha value is -7.94. The highest BCUT2D eigenvalue weighted by molar-refractivity contribution is 6.00. The quantitative estimate of drug-likeness (QED) is 0.0173. The molecule has 0 fully saturated rings. The highest BCUT2D eigenvalue weighted by atomic mass is 16.6. The average molecular weight is 927 g/mol. The molecule has 0 radical (unpaired) electrons. The lowest BCUT2D eigenvalue weighted by Crippen LogP contribution is -2.57. The van der Waals surface area contributed by atoms with Crippen molar-refractivity contribution in [1.82, 2.24) is 37.2 Å². The fraction of sp³-hybridized carbons (Fsp3) is 0.514. The summed E-state index contributed by atoms with van der Waals surface area (Å²) in [6.07, 6.45) is -3.76. The third-order valence-corrected chi connectivity index (χ3v) is 8.77. The van der Waals surface area contributed by atoms with Crippen LogP contribution in [0.25, 0.3) is 0 Å². The van der Waals surface area contributed by atoms with Crippen molar-refractivity contribution in [2.24, 2.45) is 0 Å². The maximum Gasteiger partial charge on any atom is 0.347 e. The Balaban J connectivity index is 2.56. The summed E-state index contributed by atoms with van der Waals surface area (Å²) in [7, 11) is 0. The second kappa shape index (κ2) is 28.6. The van der Waals surface area contributed by atoms with E-state index in [0.717, 1.165) is 18.2 Å². The van der Waals surface area contributed by atoms with E-state index in [1.165, 1.54) is 0 Å². The molecule has 0 saturated heterocycles. The molecule has 0 aliphatic carbocycles. The van der Waals surface area contributed by atoms with E-state index in [1.807, 2.05) is 21.3 Å². The number of unbranched alkanes of at least 4 members (excludes halogenated alkanes) is 4. The molecule has 0 aromatic heterocycles. The molecule has 0 saturated carbocycles. The van der Waals surface area contributed by atoms with Crippen molar-refractivity contribution >= 4 is 77.1 Å². The Morgan fingerprint density at radius 2 is 0.923 bits per heavy atom. The van der Waals surface area contributed by atoms with E-state index >= 15 is 0 Å². The van der Waals surface area contributed by atoms with Gasteiger partial charge in [0.1, 0.15) is 18.1 Å². The van der Waals surface area contributed by atoms with Crippen molar-refractivity contribution in [3.8, 4) is 0 Å². The van der Waals surface area contributed by atoms with Crippen molar-refractivity contribution in [1.29, 1.82) is 0 Å². The number of rotatable bonds is 32. The van der Waals surface area contributed by atoms with Gasteiger partial charge in [-0.3, -0.25) is 43.7 Å². The molecule has 0 spiro atoms. The largest absolute Gasteiger partial charge is 0.481 e. The zero-order valence-electron chi connectivity index (χ0n) is 34.5. The SMILES string of the molecule is O=C(O)CC[C@H](NC(=O)C[C@@H](NC(=O)CCCCCNC(=O)c1cc(C(=O)NCCCCCC(=O)N[C@H](NC(=O)N[C@@H](CCC(=O)O)C(=O)O)C(=O)O)cc([N+](=O)[O-])c1)C(=O)O)C(=O)O. The normalized spacial score (nSPS) is 12.4. The molecule has 28 nitrogen and oxygen atoms in total. The van der Waals surface area contributed by atoms with Gasteiger partial charge in [0.05, 0.1) is 11.3 Å². The van der Waals surface area contributed by atoms with Gasteiger partial charge in [0, 0.05) is 62.0 Å². The number of carbonyl (C=O) groups is 12. The highest BCUT2D eigenvalue weighted by Gasteiger charge is 2.28. The zero-order chi connectivity index (χ0) is 49.2. The van der Waals surface area contributed by atoms with Crippen LogP contribution in [-0.2, 0) is 43.2 Å². The Morgan fingerprint density at radius 3 is 1.34 bits per heavy atom. The molecule has 0 bridgehead atoms. The Morgan fingerprint density at radius 1 is 0.492 bits per heavy atom. The number of nitro benzene ring substituents is 1. The third kappa shape index (κ3) is 23.2. The summed E-state index contributed by atoms with van der Waals surface area (Å²) in [4.78, 5) is 152. The summed E-state index contributed by atoms with van der Waals surface area (Å²) in [5, 5.41) is 81.1. The van der Waals surface area contributed by atoms with Gasteiger partial charge < -0.3 is 67.9 Å². The Bertz CT molecular complexity index is 1830. The monoisotopic (exact) mass is 926 g/mol. The van der Waals surface area contributed by atoms with Crippen LogP contribution in [0, 0.1) is 10.1 Å². The van der Waals surface area contributed by atoms with Crippen molar-refractivity contribution in [2.45, 2.75) is 108 Å². The van der Waals surface area contributed by atoms with Gasteiger partial charge in [-0.2, -0.15) is 0 Å². The first-order chi connectivity index (χ1) is 30.5. The van der Waals surface area contributed by atoms with Crippen LogP contribution in [0.2, 0.25) is 0 Å². The number of carboxylic acids is 6. The number of aliphatic carboxylic acids is 6. The molecule has 7 amide bonds. The Labute approximate surface area is 367 Å². The standard InChI is InChI=1S/C37H50N8O20/c46-25(41-24(35(59)60)18-27(48)40-22(33(55)56)9-11-28(49)50)7-3-1-5-13-38-31(53)19-15-20(17-21(16-19)45(64)65)32(54)39-14-6-2-4-8-26(47)43-30(36(61)62)44-37(63)42-23(34(57)58)10-12-29(51)52/h15-17,22-24,30H,1-14,18H2,(H,38,53)(H,39,54)(H,40,48)(H,41,46)(H,43,47)(H,49,50)(H,51,52)(H,55,56)(H,57,58)(H,59,60)(H,61,62)(H2,42,44,63)/t22-,23-,24+,30+/m0/s1. The van der Waals surface area contributed by atoms with E-state index in [-0.39, 0.29) is 56.3 Å². The van der Waals surface area contributed by atoms with Crippen molar-refractivity contribution in [2.75, 3.05) is 13.1 Å². The van der Waals surface area contributed by atoms with Crippen LogP contribution < -0.4 is 37.2 Å². The van der Waals surface area contributed by atoms with Gasteiger partial charge in [0.25, 0.3) is 17.5 Å². The second-order valence-corrected chi connectivity index (χ2v) is 14.0. The topological polar surface area (TPSA) is 454 Å². The minimum absolute atomic E-state index is 0.0183. The first-order valence-electron chi connectivity index (χ1n) is 19.7. The van der Waals surface area contributed by atoms with Crippen molar-refractivity contribution in [3.63, 3.8) is 0 Å². The summed E-state index contributed by atoms with van der Waals surface area (Å²) < 4.78 is 0. The molecule has 1 aromatic carbocycles. The van der Waals surface area contributed by atoms with Gasteiger partial charge >= 0.3 is 41.8 Å². The molecule has 1 rings (SSSR count). The molecule has 0 heterocycles. The number of nitro groups is 1. The van der Waals surface area contributed by atoms with Crippen LogP contribution in [-0.4, -0.2) is 144 Å². The first kappa shape index (κ1) is 55.1. The molecular weight excluding hydrogens is 876 g/mol. The number of carboxylic acid groups (broad SMARTS) is 6. The first-order valence-corrected chi connectivity index (χ1v) is 19.7. The summed E-state index contributed by atoms with van der Waals surface area (Å²) in [5.41, 5.74) is -1.01. The summed E-state index contributed by atoms with van der Waals surface area (Å²) in [6, 6.07) is -3.25. The smallest absolute Gasteiger partial charge is 0.347 e. The molecule has 0 unspecified atom stereocenters. The number of hydrogen-bond donors (Lipinski definition) is 13. The number of nitrogens with one attached hydrogen (secondary N) is 7. The van der Waals surface area contributed by atoms with Crippen LogP contribution >= 0.6 is 0 Å². The lowest BCUT2D eigenvalue weighted by Gasteiger charge is -2.19. The molecule has 4 atom stereocenters. The summed E-state index contributed by atoms with van der Waals surface area (Å²) in [5.74, 6) is -13.2. The summed E-state index contributed by atoms with van der Waals surface area (Å²) >= 11 is 0. The molecule has 65 heavy (non-hydrogen) atoms. The van der Waals surface area contributed by atoms with E-state index in [9.17, 15) is 77.9 Å². The van der Waals surface area contributed by atoms with E-state index in [4.69, 9.17) is 20.4 Å². The fourth-order valence-corrected chi connectivity index (χ4v) is 5.44. The van der Waals surface area contributed by atoms with Gasteiger partial charge in [-0.05, 0) is 44.6 Å². The third-order valence-electron chi connectivity index (χ3n) is 8.77. The minimum atomic E-state index is -1.97. The van der Waals surface area contributed by atoms with Crippen LogP contribution in [0.5, 0.6) is 0 Å². The molecule has 0 aliphatic heterocycles. The zero-order valence-corrected chi connectivity index (χ0v) is 34.5. The predicted octanol–water partition coefficient (Wildman–Crippen LogP) is -1.29. The average Bonchev–Trinajstić information content (AvgIpc) is 3.21. The van der Waals surface area contributed by atoms with Crippen molar-refractivity contribution < 1.29 is 93.1 Å². The number of non-ortho nitro benzene ring substituents is 1. The maximum absolute atomic E-state index is 12.8. The minimum Gasteiger partial charge on any atom is -0.481 e. The maximum atomic E-state index is 12.8. The number of carbonyl (C=O) groups excluding carboxylic acids is 6. The van der Waals surface area contributed by atoms with Gasteiger partial charge in [-0.15, -0.1) is 0 Å². The number of amides is 7. The molecule has 28 heteroatoms. The van der Waals surface area contributed by atoms with Gasteiger partial charge in [-0.1, -0.05) is 12.8 Å². The van der Waals surface area contributed by atoms with Gasteiger partial charge in [0.15, 0.2) is 0 Å². The highest BCUT2D eigenvalue weighted by Crippen LogP contribution is 2.18. The summed E-state index contributed by atoms with van der Waals surface area (Å²) in [6.45, 7) is 0.0456. The van der Waals surface area contributed by atoms with Crippen LogP contribution in [0.3, 0.4) is 0 Å². The number of urea groups is 1. The number of hydrogen-bond acceptors (Lipinski definition) is 14. The lowest BCUT2D eigenvalue weighted by molar-refractivity contribution is -0.384. The van der Waals surface area contributed by atoms with E-state index < -0.39 is 138 Å². The molecule has 358 valence electrons. The van der Waals surface area contributed by atoms with Crippen LogP contribution in [0.4, 0.5) is 10.5 Å². The second-order valence-electron chi connectivity index (χ2n) is 14.0. The van der Waals surface area contributed by atoms with Crippen LogP contribution in [0.15, 0.2) is 18.2 Å². The van der Waals surface area contributed by atoms with E-state index in [1.54, 1.807) is 0 Å². The molecule has 0 aliphatic rings. The molecule has 1 aromatic rings. The van der Waals surface area contributed by atoms with Gasteiger partial charge in [0.2, 0.25) is 23.9 Å². The molecule has 13 N–H and O–H groups in total. The van der Waals surface area contributed by atoms with Crippen molar-refractivity contribution in [3.05, 3.63) is 39.4 Å². The molecular formula is C37H50N8O20. The fourth-order valence-electron chi connectivity index (χ4n) is 5.44. The predicted molar refractivity (Wildman–Crippen MR) is 215 cm³/mol. The van der Waals surface area contributed by atoms with E-state index in [0.29, 0.717) is 19.3 Å². The number of benzene rings is 1. The van der Waals surface area contributed by atoms with Gasteiger partial charge in [-0.25, -0.2) is 24.0 Å². The Kier molecular flexibility index (Phi) is 24.3. The van der Waals surface area contributed by atoms with E-state index in [2.05, 4.69) is 16.0 Å². The lowest BCUT2D eigenvalue weighted by atomic mass is 10.1. The number of nitrogens with zero attached hydrogens (tertiary/aromatic N) is 1. The van der Waals surface area contributed by atoms with Crippen LogP contribution in [0.1, 0.15) is 104 Å².